The van der Waals surface area contributed by atoms with E-state index in [-0.39, 0.29) is 0 Å². The lowest BCUT2D eigenvalue weighted by Gasteiger charge is -2.17. The zero-order chi connectivity index (χ0) is 13.5. The normalized spacial score (nSPS) is 11.5. The fraction of sp³-hybridized carbons (Fsp3) is 0.533. The number of hydrogen-bond acceptors (Lipinski definition) is 3. The van der Waals surface area contributed by atoms with E-state index in [1.165, 1.54) is 0 Å². The summed E-state index contributed by atoms with van der Waals surface area (Å²) in [5, 5.41) is 3.48. The zero-order valence-corrected chi connectivity index (χ0v) is 11.9. The van der Waals surface area contributed by atoms with Gasteiger partial charge in [0.2, 0.25) is 0 Å². The smallest absolute Gasteiger partial charge is 0.108 e. The lowest BCUT2D eigenvalue weighted by Crippen LogP contribution is -2.32. The third-order valence-electron chi connectivity index (χ3n) is 3.48. The Morgan fingerprint density at radius 1 is 1.16 bits per heavy atom. The Balaban J connectivity index is 1.71. The number of nitrogens with zero attached hydrogens (tertiary/aromatic N) is 2. The van der Waals surface area contributed by atoms with Crippen LogP contribution in [0, 0.1) is 0 Å². The third kappa shape index (κ3) is 4.04. The topological polar surface area (TPSA) is 44.0 Å². The molecule has 0 bridgehead atoms. The van der Waals surface area contributed by atoms with Crippen molar-refractivity contribution in [1.29, 1.82) is 0 Å². The Morgan fingerprint density at radius 3 is 2.68 bits per heavy atom. The summed E-state index contributed by atoms with van der Waals surface area (Å²) in [7, 11) is 0. The maximum Gasteiger partial charge on any atom is 0.108 e. The molecular formula is C15H24N4. The summed E-state index contributed by atoms with van der Waals surface area (Å²) < 4.78 is 0. The van der Waals surface area contributed by atoms with Gasteiger partial charge in [-0.3, -0.25) is 0 Å². The molecule has 2 aromatic rings. The summed E-state index contributed by atoms with van der Waals surface area (Å²) >= 11 is 0. The van der Waals surface area contributed by atoms with Gasteiger partial charge in [0.25, 0.3) is 0 Å². The highest BCUT2D eigenvalue weighted by Gasteiger charge is 2.02. The number of likely N-dealkylation sites (N-methyl/N-ethyl adjacent to an activating group) is 1. The van der Waals surface area contributed by atoms with Crippen LogP contribution in [0.1, 0.15) is 19.7 Å². The van der Waals surface area contributed by atoms with Crippen LogP contribution >= 0.6 is 0 Å². The van der Waals surface area contributed by atoms with Gasteiger partial charge in [0.1, 0.15) is 5.82 Å². The second kappa shape index (κ2) is 7.26. The minimum absolute atomic E-state index is 0.951. The number of para-hydroxylation sites is 2. The second-order valence-corrected chi connectivity index (χ2v) is 4.73. The highest BCUT2D eigenvalue weighted by atomic mass is 15.1. The molecule has 0 unspecified atom stereocenters. The van der Waals surface area contributed by atoms with Gasteiger partial charge in [0, 0.05) is 26.1 Å². The van der Waals surface area contributed by atoms with Gasteiger partial charge in [0.15, 0.2) is 0 Å². The largest absolute Gasteiger partial charge is 0.342 e. The Hall–Kier alpha value is -1.39. The van der Waals surface area contributed by atoms with Crippen molar-refractivity contribution in [2.45, 2.75) is 20.3 Å². The molecule has 4 heteroatoms. The summed E-state index contributed by atoms with van der Waals surface area (Å²) in [5.74, 6) is 1.07. The molecule has 4 nitrogen and oxygen atoms in total. The van der Waals surface area contributed by atoms with Crippen LogP contribution in [-0.2, 0) is 6.42 Å². The first kappa shape index (κ1) is 14.0. The Labute approximate surface area is 115 Å². The molecule has 104 valence electrons. The first-order valence-corrected chi connectivity index (χ1v) is 7.20. The standard InChI is InChI=1S/C15H24N4/c1-3-19(4-2)12-11-16-10-9-15-17-13-7-5-6-8-14(13)18-15/h5-8,16H,3-4,9-12H2,1-2H3,(H,17,18). The lowest BCUT2D eigenvalue weighted by atomic mass is 10.3. The summed E-state index contributed by atoms with van der Waals surface area (Å²) in [6.07, 6.45) is 0.951. The number of benzene rings is 1. The van der Waals surface area contributed by atoms with Crippen LogP contribution in [-0.4, -0.2) is 47.6 Å². The SMILES string of the molecule is CCN(CC)CCNCCc1nc2ccccc2[nH]1. The third-order valence-corrected chi connectivity index (χ3v) is 3.48. The predicted octanol–water partition coefficient (Wildman–Crippen LogP) is 2.04. The number of nitrogens with one attached hydrogen (secondary N) is 2. The number of rotatable bonds is 8. The number of hydrogen-bond donors (Lipinski definition) is 2. The van der Waals surface area contributed by atoms with E-state index in [0.717, 1.165) is 56.0 Å². The summed E-state index contributed by atoms with van der Waals surface area (Å²) in [6.45, 7) is 9.80. The maximum atomic E-state index is 4.57. The predicted molar refractivity (Wildman–Crippen MR) is 80.5 cm³/mol. The van der Waals surface area contributed by atoms with E-state index in [9.17, 15) is 0 Å². The Bertz CT molecular complexity index is 455. The summed E-state index contributed by atoms with van der Waals surface area (Å²) in [6, 6.07) is 8.17. The Morgan fingerprint density at radius 2 is 1.95 bits per heavy atom. The van der Waals surface area contributed by atoms with Crippen molar-refractivity contribution in [3.8, 4) is 0 Å². The van der Waals surface area contributed by atoms with E-state index >= 15 is 0 Å². The molecule has 0 spiro atoms. The van der Waals surface area contributed by atoms with Crippen LogP contribution in [0.4, 0.5) is 0 Å². The molecule has 2 rings (SSSR count). The molecule has 0 saturated carbocycles. The van der Waals surface area contributed by atoms with Gasteiger partial charge in [0.05, 0.1) is 11.0 Å². The van der Waals surface area contributed by atoms with Gasteiger partial charge in [-0.15, -0.1) is 0 Å². The van der Waals surface area contributed by atoms with Crippen LogP contribution in [0.3, 0.4) is 0 Å². The number of imidazole rings is 1. The molecule has 0 amide bonds. The molecule has 0 aliphatic heterocycles. The minimum Gasteiger partial charge on any atom is -0.342 e. The fourth-order valence-electron chi connectivity index (χ4n) is 2.23. The van der Waals surface area contributed by atoms with Crippen molar-refractivity contribution in [3.63, 3.8) is 0 Å². The molecule has 2 N–H and O–H groups in total. The van der Waals surface area contributed by atoms with Crippen molar-refractivity contribution in [3.05, 3.63) is 30.1 Å². The number of H-pyrrole nitrogens is 1. The first-order valence-electron chi connectivity index (χ1n) is 7.20. The van der Waals surface area contributed by atoms with Crippen LogP contribution in [0.25, 0.3) is 11.0 Å². The van der Waals surface area contributed by atoms with Gasteiger partial charge in [-0.1, -0.05) is 26.0 Å². The van der Waals surface area contributed by atoms with E-state index in [4.69, 9.17) is 0 Å². The number of aromatic nitrogens is 2. The molecule has 0 aliphatic rings. The van der Waals surface area contributed by atoms with E-state index in [0.29, 0.717) is 0 Å². The van der Waals surface area contributed by atoms with Gasteiger partial charge in [-0.25, -0.2) is 4.98 Å². The summed E-state index contributed by atoms with van der Waals surface area (Å²) in [5.41, 5.74) is 2.18. The quantitative estimate of drug-likeness (QED) is 0.714. The highest BCUT2D eigenvalue weighted by molar-refractivity contribution is 5.74. The molecule has 0 atom stereocenters. The van der Waals surface area contributed by atoms with Crippen molar-refractivity contribution in [1.82, 2.24) is 20.2 Å². The van der Waals surface area contributed by atoms with Gasteiger partial charge in [-0.05, 0) is 25.2 Å². The molecule has 1 heterocycles. The van der Waals surface area contributed by atoms with E-state index < -0.39 is 0 Å². The molecular weight excluding hydrogens is 236 g/mol. The van der Waals surface area contributed by atoms with Gasteiger partial charge >= 0.3 is 0 Å². The number of fused-ring (bicyclic) bond motifs is 1. The van der Waals surface area contributed by atoms with Crippen LogP contribution in [0.5, 0.6) is 0 Å². The molecule has 0 aliphatic carbocycles. The van der Waals surface area contributed by atoms with Crippen LogP contribution in [0.2, 0.25) is 0 Å². The monoisotopic (exact) mass is 260 g/mol. The Kier molecular flexibility index (Phi) is 5.36. The molecule has 0 fully saturated rings. The van der Waals surface area contributed by atoms with E-state index in [1.54, 1.807) is 0 Å². The average Bonchev–Trinajstić information content (AvgIpc) is 2.85. The second-order valence-electron chi connectivity index (χ2n) is 4.73. The van der Waals surface area contributed by atoms with Crippen LogP contribution in [0.15, 0.2) is 24.3 Å². The van der Waals surface area contributed by atoms with Gasteiger partial charge < -0.3 is 15.2 Å². The molecule has 1 aromatic heterocycles. The van der Waals surface area contributed by atoms with Crippen molar-refractivity contribution in [2.75, 3.05) is 32.7 Å². The highest BCUT2D eigenvalue weighted by Crippen LogP contribution is 2.10. The lowest BCUT2D eigenvalue weighted by molar-refractivity contribution is 0.303. The molecule has 1 aromatic carbocycles. The van der Waals surface area contributed by atoms with E-state index in [1.807, 2.05) is 18.2 Å². The summed E-state index contributed by atoms with van der Waals surface area (Å²) in [4.78, 5) is 10.4. The van der Waals surface area contributed by atoms with Gasteiger partial charge in [-0.2, -0.15) is 0 Å². The first-order chi connectivity index (χ1) is 9.33. The van der Waals surface area contributed by atoms with Crippen molar-refractivity contribution in [2.24, 2.45) is 0 Å². The molecule has 0 radical (unpaired) electrons. The molecule has 19 heavy (non-hydrogen) atoms. The minimum atomic E-state index is 0.951. The fourth-order valence-corrected chi connectivity index (χ4v) is 2.23. The van der Waals surface area contributed by atoms with Crippen molar-refractivity contribution >= 4 is 11.0 Å². The zero-order valence-electron chi connectivity index (χ0n) is 11.9. The number of aromatic amines is 1. The van der Waals surface area contributed by atoms with Crippen LogP contribution < -0.4 is 5.32 Å². The van der Waals surface area contributed by atoms with Crippen molar-refractivity contribution < 1.29 is 0 Å². The average molecular weight is 260 g/mol. The van der Waals surface area contributed by atoms with E-state index in [2.05, 4.69) is 40.1 Å². The maximum absolute atomic E-state index is 4.57. The molecule has 0 saturated heterocycles.